The van der Waals surface area contributed by atoms with Crippen LogP contribution < -0.4 is 5.32 Å². The Balaban J connectivity index is 0.000000333. The maximum atomic E-state index is 12.7. The van der Waals surface area contributed by atoms with Gasteiger partial charge in [-0.25, -0.2) is 9.59 Å². The van der Waals surface area contributed by atoms with Gasteiger partial charge >= 0.3 is 24.3 Å². The van der Waals surface area contributed by atoms with Crippen LogP contribution in [0.4, 0.5) is 26.3 Å². The Hall–Kier alpha value is -3.79. The highest BCUT2D eigenvalue weighted by molar-refractivity contribution is 5.79. The number of nitrogens with zero attached hydrogens (tertiary/aromatic N) is 3. The number of alkyl halides is 6. The van der Waals surface area contributed by atoms with E-state index in [1.54, 1.807) is 18.6 Å². The number of likely N-dealkylation sites (tertiary alicyclic amines) is 1. The summed E-state index contributed by atoms with van der Waals surface area (Å²) in [6.45, 7) is 2.87. The number of carbonyl (C=O) groups excluding carboxylic acids is 1. The summed E-state index contributed by atoms with van der Waals surface area (Å²) in [6.07, 6.45) is -0.976. The summed E-state index contributed by atoms with van der Waals surface area (Å²) in [5, 5.41) is 17.3. The number of nitrogens with one attached hydrogen (secondary N) is 1. The highest BCUT2D eigenvalue weighted by Crippen LogP contribution is 2.32. The quantitative estimate of drug-likeness (QED) is 0.455. The van der Waals surface area contributed by atoms with Crippen molar-refractivity contribution in [3.05, 3.63) is 60.2 Å². The number of carbonyl (C=O) groups is 3. The molecule has 2 aromatic heterocycles. The van der Waals surface area contributed by atoms with Crippen LogP contribution in [0.3, 0.4) is 0 Å². The minimum Gasteiger partial charge on any atom is -0.475 e. The van der Waals surface area contributed by atoms with Gasteiger partial charge in [-0.15, -0.1) is 0 Å². The van der Waals surface area contributed by atoms with E-state index in [9.17, 15) is 31.1 Å². The summed E-state index contributed by atoms with van der Waals surface area (Å²) >= 11 is 0. The van der Waals surface area contributed by atoms with Gasteiger partial charge in [0.1, 0.15) is 0 Å². The second-order valence-corrected chi connectivity index (χ2v) is 8.67. The molecule has 40 heavy (non-hydrogen) atoms. The molecule has 2 saturated heterocycles. The summed E-state index contributed by atoms with van der Waals surface area (Å²) in [6, 6.07) is 8.30. The molecule has 4 heterocycles. The summed E-state index contributed by atoms with van der Waals surface area (Å²) in [4.78, 5) is 41.2. The van der Waals surface area contributed by atoms with Crippen molar-refractivity contribution in [3.63, 3.8) is 0 Å². The molecule has 3 atom stereocenters. The lowest BCUT2D eigenvalue weighted by Gasteiger charge is -2.40. The van der Waals surface area contributed by atoms with E-state index in [1.807, 2.05) is 24.4 Å². The van der Waals surface area contributed by atoms with Crippen LogP contribution in [-0.4, -0.2) is 80.6 Å². The van der Waals surface area contributed by atoms with E-state index in [0.29, 0.717) is 12.6 Å². The first kappa shape index (κ1) is 32.4. The van der Waals surface area contributed by atoms with Crippen LogP contribution in [0.2, 0.25) is 0 Å². The first-order valence-electron chi connectivity index (χ1n) is 11.7. The predicted octanol–water partition coefficient (Wildman–Crippen LogP) is 3.04. The molecule has 0 spiro atoms. The first-order chi connectivity index (χ1) is 18.7. The molecule has 3 N–H and O–H groups in total. The van der Waals surface area contributed by atoms with Crippen molar-refractivity contribution in [1.29, 1.82) is 0 Å². The molecule has 220 valence electrons. The average Bonchev–Trinajstić information content (AvgIpc) is 3.37. The molecule has 0 radical (unpaired) electrons. The number of pyridine rings is 2. The highest BCUT2D eigenvalue weighted by Gasteiger charge is 2.42. The number of aromatic nitrogens is 2. The fourth-order valence-corrected chi connectivity index (χ4v) is 3.99. The molecule has 2 aromatic rings. The van der Waals surface area contributed by atoms with Crippen molar-refractivity contribution in [2.75, 3.05) is 13.2 Å². The third-order valence-corrected chi connectivity index (χ3v) is 5.77. The van der Waals surface area contributed by atoms with Crippen molar-refractivity contribution < 1.29 is 55.7 Å². The number of rotatable bonds is 5. The van der Waals surface area contributed by atoms with Gasteiger partial charge in [0.05, 0.1) is 12.0 Å². The topological polar surface area (TPSA) is 142 Å². The normalized spacial score (nSPS) is 20.6. The molecular weight excluding hydrogens is 554 g/mol. The molecule has 2 aliphatic heterocycles. The third kappa shape index (κ3) is 10.8. The minimum atomic E-state index is -5.08. The Labute approximate surface area is 224 Å². The van der Waals surface area contributed by atoms with Gasteiger partial charge in [-0.2, -0.15) is 26.3 Å². The van der Waals surface area contributed by atoms with Crippen LogP contribution in [0.5, 0.6) is 0 Å². The van der Waals surface area contributed by atoms with Gasteiger partial charge < -0.3 is 20.3 Å². The molecule has 0 bridgehead atoms. The van der Waals surface area contributed by atoms with Crippen LogP contribution in [0.1, 0.15) is 24.0 Å². The molecule has 4 rings (SSSR count). The number of aliphatic carboxylic acids is 2. The average molecular weight is 580 g/mol. The predicted molar refractivity (Wildman–Crippen MR) is 124 cm³/mol. The second kappa shape index (κ2) is 14.6. The lowest BCUT2D eigenvalue weighted by molar-refractivity contribution is -0.193. The third-order valence-electron chi connectivity index (χ3n) is 5.77. The largest absolute Gasteiger partial charge is 0.490 e. The van der Waals surface area contributed by atoms with Crippen molar-refractivity contribution >= 4 is 17.8 Å². The van der Waals surface area contributed by atoms with Crippen molar-refractivity contribution in [1.82, 2.24) is 20.2 Å². The minimum absolute atomic E-state index is 0.0531. The van der Waals surface area contributed by atoms with Gasteiger partial charge in [0.2, 0.25) is 5.91 Å². The molecule has 16 heteroatoms. The van der Waals surface area contributed by atoms with E-state index in [2.05, 4.69) is 26.3 Å². The molecule has 2 fully saturated rings. The molecule has 10 nitrogen and oxygen atoms in total. The van der Waals surface area contributed by atoms with E-state index in [4.69, 9.17) is 24.5 Å². The Morgan fingerprint density at radius 2 is 1.48 bits per heavy atom. The summed E-state index contributed by atoms with van der Waals surface area (Å²) < 4.78 is 69.4. The van der Waals surface area contributed by atoms with E-state index in [0.717, 1.165) is 38.1 Å². The van der Waals surface area contributed by atoms with E-state index >= 15 is 0 Å². The zero-order valence-corrected chi connectivity index (χ0v) is 20.7. The number of fused-ring (bicyclic) bond motifs is 1. The van der Waals surface area contributed by atoms with Crippen LogP contribution >= 0.6 is 0 Å². The van der Waals surface area contributed by atoms with E-state index < -0.39 is 24.3 Å². The smallest absolute Gasteiger partial charge is 0.475 e. The zero-order chi connectivity index (χ0) is 29.9. The molecule has 0 saturated carbocycles. The molecular formula is C24H26F6N4O6. The van der Waals surface area contributed by atoms with Crippen LogP contribution in [0, 0.1) is 5.92 Å². The van der Waals surface area contributed by atoms with Crippen LogP contribution in [0.25, 0.3) is 0 Å². The van der Waals surface area contributed by atoms with E-state index in [1.165, 1.54) is 5.56 Å². The molecule has 1 amide bonds. The van der Waals surface area contributed by atoms with Gasteiger partial charge in [0.15, 0.2) is 0 Å². The van der Waals surface area contributed by atoms with Gasteiger partial charge in [-0.05, 0) is 36.1 Å². The molecule has 0 unspecified atom stereocenters. The molecule has 0 aromatic carbocycles. The van der Waals surface area contributed by atoms with Gasteiger partial charge in [0.25, 0.3) is 0 Å². The maximum absolute atomic E-state index is 12.7. The van der Waals surface area contributed by atoms with Crippen molar-refractivity contribution in [2.45, 2.75) is 50.4 Å². The standard InChI is InChI=1S/C20H24N4O2.2C2HF3O2/c25-20(23-12-15-3-1-6-21-10-15)17-9-19-18(5-8-26-19)24(14-17)13-16-4-2-7-22-11-16;2*3-2(4,5)1(6)7/h1-4,6-7,10-11,17-19H,5,8-9,12-14H2,(H,23,25);2*(H,6,7)/t17-,18-,19-;;/m1../s1. The monoisotopic (exact) mass is 580 g/mol. The fraction of sp³-hybridized carbons (Fsp3) is 0.458. The summed E-state index contributed by atoms with van der Waals surface area (Å²) in [5.74, 6) is -5.47. The molecule has 0 aliphatic carbocycles. The van der Waals surface area contributed by atoms with Gasteiger partial charge in [-0.1, -0.05) is 12.1 Å². The number of halogens is 6. The van der Waals surface area contributed by atoms with Crippen LogP contribution in [0.15, 0.2) is 49.1 Å². The van der Waals surface area contributed by atoms with Crippen molar-refractivity contribution in [3.8, 4) is 0 Å². The number of hydrogen-bond acceptors (Lipinski definition) is 7. The lowest BCUT2D eigenvalue weighted by atomic mass is 9.89. The highest BCUT2D eigenvalue weighted by atomic mass is 19.4. The Kier molecular flexibility index (Phi) is 11.8. The number of carboxylic acids is 2. The molecule has 2 aliphatic rings. The summed E-state index contributed by atoms with van der Waals surface area (Å²) in [7, 11) is 0. The maximum Gasteiger partial charge on any atom is 0.490 e. The van der Waals surface area contributed by atoms with Crippen molar-refractivity contribution in [2.24, 2.45) is 5.92 Å². The van der Waals surface area contributed by atoms with E-state index in [-0.39, 0.29) is 17.9 Å². The number of carboxylic acid groups (broad SMARTS) is 2. The number of piperidine rings is 1. The Morgan fingerprint density at radius 1 is 0.950 bits per heavy atom. The van der Waals surface area contributed by atoms with Crippen LogP contribution in [-0.2, 0) is 32.2 Å². The Bertz CT molecular complexity index is 1080. The fourth-order valence-electron chi connectivity index (χ4n) is 3.99. The summed E-state index contributed by atoms with van der Waals surface area (Å²) in [5.41, 5.74) is 2.19. The number of amides is 1. The second-order valence-electron chi connectivity index (χ2n) is 8.67. The number of ether oxygens (including phenoxy) is 1. The van der Waals surface area contributed by atoms with Gasteiger partial charge in [-0.3, -0.25) is 19.7 Å². The Morgan fingerprint density at radius 3 is 1.95 bits per heavy atom. The number of hydrogen-bond donors (Lipinski definition) is 3. The van der Waals surface area contributed by atoms with Gasteiger partial charge in [0, 0.05) is 57.1 Å². The first-order valence-corrected chi connectivity index (χ1v) is 11.7. The zero-order valence-electron chi connectivity index (χ0n) is 20.7. The lowest BCUT2D eigenvalue weighted by Crippen LogP contribution is -2.52. The SMILES string of the molecule is O=C(NCc1cccnc1)[C@@H]1C[C@H]2OCC[C@H]2N(Cc2cccnc2)C1.O=C(O)C(F)(F)F.O=C(O)C(F)(F)F.